The molecule has 0 atom stereocenters. The van der Waals surface area contributed by atoms with E-state index in [1.807, 2.05) is 17.0 Å². The maximum atomic E-state index is 10.6. The van der Waals surface area contributed by atoms with Crippen LogP contribution in [0.3, 0.4) is 0 Å². The van der Waals surface area contributed by atoms with E-state index >= 15 is 0 Å². The van der Waals surface area contributed by atoms with Crippen LogP contribution in [0, 0.1) is 0 Å². The first kappa shape index (κ1) is 14.9. The van der Waals surface area contributed by atoms with Crippen molar-refractivity contribution in [1.82, 2.24) is 10.2 Å². The Hall–Kier alpha value is -1.53. The predicted octanol–water partition coefficient (Wildman–Crippen LogP) is 2.77. The molecule has 108 valence electrons. The Kier molecular flexibility index (Phi) is 5.03. The second-order valence-corrected chi connectivity index (χ2v) is 5.47. The molecule has 0 radical (unpaired) electrons. The molecule has 1 aromatic rings. The minimum absolute atomic E-state index is 0.0158. The van der Waals surface area contributed by atoms with Crippen LogP contribution in [0.5, 0.6) is 0 Å². The van der Waals surface area contributed by atoms with E-state index in [2.05, 4.69) is 10.6 Å². The number of halogens is 1. The normalized spacial score (nSPS) is 15.8. The summed E-state index contributed by atoms with van der Waals surface area (Å²) in [4.78, 5) is 12.6. The number of likely N-dealkylation sites (tertiary alicyclic amines) is 1. The minimum Gasteiger partial charge on any atom is -0.465 e. The zero-order valence-corrected chi connectivity index (χ0v) is 12.4. The van der Waals surface area contributed by atoms with Crippen LogP contribution in [0.1, 0.15) is 12.8 Å². The van der Waals surface area contributed by atoms with Crippen molar-refractivity contribution in [2.75, 3.05) is 18.4 Å². The highest BCUT2D eigenvalue weighted by atomic mass is 35.5. The molecule has 0 spiro atoms. The van der Waals surface area contributed by atoms with Crippen molar-refractivity contribution in [3.8, 4) is 0 Å². The molecule has 1 amide bonds. The number of nitrogens with zero attached hydrogens (tertiary/aromatic N) is 1. The van der Waals surface area contributed by atoms with Gasteiger partial charge < -0.3 is 20.6 Å². The van der Waals surface area contributed by atoms with Crippen LogP contribution in [0.25, 0.3) is 0 Å². The third-order valence-corrected chi connectivity index (χ3v) is 3.82. The average molecular weight is 314 g/mol. The fourth-order valence-electron chi connectivity index (χ4n) is 2.14. The molecule has 3 N–H and O–H groups in total. The maximum Gasteiger partial charge on any atom is 0.404 e. The van der Waals surface area contributed by atoms with E-state index in [1.54, 1.807) is 12.1 Å². The lowest BCUT2D eigenvalue weighted by atomic mass is 10.1. The number of rotatable bonds is 2. The van der Waals surface area contributed by atoms with Gasteiger partial charge in [-0.3, -0.25) is 0 Å². The quantitative estimate of drug-likeness (QED) is 0.733. The monoisotopic (exact) mass is 313 g/mol. The van der Waals surface area contributed by atoms with E-state index in [0.29, 0.717) is 10.1 Å². The lowest BCUT2D eigenvalue weighted by Crippen LogP contribution is -2.47. The molecule has 0 aromatic heterocycles. The van der Waals surface area contributed by atoms with Gasteiger partial charge >= 0.3 is 6.09 Å². The molecule has 1 saturated heterocycles. The second-order valence-electron chi connectivity index (χ2n) is 4.65. The number of thiocarbonyl (C=S) groups is 1. The summed E-state index contributed by atoms with van der Waals surface area (Å²) < 4.78 is 0. The number of piperidine rings is 1. The first-order valence-corrected chi connectivity index (χ1v) is 7.14. The van der Waals surface area contributed by atoms with Gasteiger partial charge in [0.15, 0.2) is 5.11 Å². The standard InChI is InChI=1S/C13H16ClN3O2S/c14-9-1-3-10(4-2-9)15-12(20)17-7-5-11(6-8-17)16-13(18)19/h1-4,11,16H,5-8H2,(H,15,20)(H,18,19). The number of hydrogen-bond acceptors (Lipinski definition) is 2. The third-order valence-electron chi connectivity index (χ3n) is 3.21. The number of amides is 1. The Morgan fingerprint density at radius 2 is 1.90 bits per heavy atom. The summed E-state index contributed by atoms with van der Waals surface area (Å²) in [7, 11) is 0. The molecule has 1 heterocycles. The van der Waals surface area contributed by atoms with Crippen molar-refractivity contribution in [1.29, 1.82) is 0 Å². The maximum absolute atomic E-state index is 10.6. The zero-order valence-electron chi connectivity index (χ0n) is 10.8. The molecular formula is C13H16ClN3O2S. The Morgan fingerprint density at radius 1 is 1.30 bits per heavy atom. The summed E-state index contributed by atoms with van der Waals surface area (Å²) in [5, 5.41) is 15.7. The van der Waals surface area contributed by atoms with Crippen molar-refractivity contribution in [3.05, 3.63) is 29.3 Å². The van der Waals surface area contributed by atoms with E-state index in [9.17, 15) is 4.79 Å². The first-order valence-electron chi connectivity index (χ1n) is 6.35. The summed E-state index contributed by atoms with van der Waals surface area (Å²) >= 11 is 11.2. The summed E-state index contributed by atoms with van der Waals surface area (Å²) in [5.41, 5.74) is 0.894. The predicted molar refractivity (Wildman–Crippen MR) is 83.4 cm³/mol. The lowest BCUT2D eigenvalue weighted by molar-refractivity contribution is 0.182. The Labute approximate surface area is 127 Å². The van der Waals surface area contributed by atoms with E-state index < -0.39 is 6.09 Å². The Bertz CT molecular complexity index is 487. The van der Waals surface area contributed by atoms with Gasteiger partial charge in [0.05, 0.1) is 0 Å². The highest BCUT2D eigenvalue weighted by Gasteiger charge is 2.21. The van der Waals surface area contributed by atoms with E-state index in [0.717, 1.165) is 31.6 Å². The number of carbonyl (C=O) groups is 1. The highest BCUT2D eigenvalue weighted by molar-refractivity contribution is 7.80. The molecule has 2 rings (SSSR count). The summed E-state index contributed by atoms with van der Waals surface area (Å²) in [6.45, 7) is 1.48. The molecule has 5 nitrogen and oxygen atoms in total. The van der Waals surface area contributed by atoms with Gasteiger partial charge in [-0.15, -0.1) is 0 Å². The molecule has 1 aliphatic rings. The molecule has 1 aliphatic heterocycles. The summed E-state index contributed by atoms with van der Waals surface area (Å²) in [6.07, 6.45) is 0.550. The molecule has 7 heteroatoms. The molecule has 0 saturated carbocycles. The number of anilines is 1. The molecule has 20 heavy (non-hydrogen) atoms. The number of nitrogens with one attached hydrogen (secondary N) is 2. The van der Waals surface area contributed by atoms with Crippen LogP contribution in [-0.2, 0) is 0 Å². The largest absolute Gasteiger partial charge is 0.465 e. The molecule has 1 aromatic carbocycles. The van der Waals surface area contributed by atoms with Crippen LogP contribution in [0.15, 0.2) is 24.3 Å². The highest BCUT2D eigenvalue weighted by Crippen LogP contribution is 2.16. The fraction of sp³-hybridized carbons (Fsp3) is 0.385. The van der Waals surface area contributed by atoms with E-state index in [1.165, 1.54) is 0 Å². The van der Waals surface area contributed by atoms with Crippen molar-refractivity contribution >= 4 is 40.7 Å². The second kappa shape index (κ2) is 6.76. The molecule has 0 unspecified atom stereocenters. The van der Waals surface area contributed by atoms with Gasteiger partial charge in [-0.1, -0.05) is 11.6 Å². The van der Waals surface area contributed by atoms with Crippen LogP contribution in [0.4, 0.5) is 10.5 Å². The Balaban J connectivity index is 1.82. The van der Waals surface area contributed by atoms with Gasteiger partial charge in [-0.2, -0.15) is 0 Å². The zero-order chi connectivity index (χ0) is 14.5. The topological polar surface area (TPSA) is 64.6 Å². The van der Waals surface area contributed by atoms with E-state index in [4.69, 9.17) is 28.9 Å². The summed E-state index contributed by atoms with van der Waals surface area (Å²) in [5.74, 6) is 0. The average Bonchev–Trinajstić information content (AvgIpc) is 2.41. The lowest BCUT2D eigenvalue weighted by Gasteiger charge is -2.33. The fourth-order valence-corrected chi connectivity index (χ4v) is 2.56. The van der Waals surface area contributed by atoms with Gasteiger partial charge in [0.1, 0.15) is 0 Å². The van der Waals surface area contributed by atoms with Gasteiger partial charge in [-0.25, -0.2) is 4.79 Å². The molecule has 0 aliphatic carbocycles. The SMILES string of the molecule is O=C(O)NC1CCN(C(=S)Nc2ccc(Cl)cc2)CC1. The van der Waals surface area contributed by atoms with Gasteiger partial charge in [-0.05, 0) is 49.3 Å². The van der Waals surface area contributed by atoms with Crippen LogP contribution in [0.2, 0.25) is 5.02 Å². The van der Waals surface area contributed by atoms with E-state index in [-0.39, 0.29) is 6.04 Å². The Morgan fingerprint density at radius 3 is 2.45 bits per heavy atom. The van der Waals surface area contributed by atoms with Crippen molar-refractivity contribution < 1.29 is 9.90 Å². The first-order chi connectivity index (χ1) is 9.54. The molecular weight excluding hydrogens is 298 g/mol. The van der Waals surface area contributed by atoms with Gasteiger partial charge in [0.2, 0.25) is 0 Å². The third kappa shape index (κ3) is 4.25. The van der Waals surface area contributed by atoms with Crippen molar-refractivity contribution in [3.63, 3.8) is 0 Å². The van der Waals surface area contributed by atoms with Crippen LogP contribution < -0.4 is 10.6 Å². The number of hydrogen-bond donors (Lipinski definition) is 3. The van der Waals surface area contributed by atoms with Crippen LogP contribution >= 0.6 is 23.8 Å². The van der Waals surface area contributed by atoms with Crippen molar-refractivity contribution in [2.45, 2.75) is 18.9 Å². The van der Waals surface area contributed by atoms with Crippen molar-refractivity contribution in [2.24, 2.45) is 0 Å². The minimum atomic E-state index is -0.967. The smallest absolute Gasteiger partial charge is 0.404 e. The van der Waals surface area contributed by atoms with Gasteiger partial charge in [0, 0.05) is 29.8 Å². The number of benzene rings is 1. The molecule has 0 bridgehead atoms. The number of carboxylic acid groups (broad SMARTS) is 1. The van der Waals surface area contributed by atoms with Gasteiger partial charge in [0.25, 0.3) is 0 Å². The molecule has 1 fully saturated rings. The van der Waals surface area contributed by atoms with Crippen LogP contribution in [-0.4, -0.2) is 40.3 Å². The summed E-state index contributed by atoms with van der Waals surface area (Å²) in [6, 6.07) is 7.35.